The molecule has 27 nitrogen and oxygen atoms in total. The van der Waals surface area contributed by atoms with E-state index in [1.807, 2.05) is 103 Å². The molecule has 3 aliphatic rings. The van der Waals surface area contributed by atoms with Crippen molar-refractivity contribution >= 4 is 105 Å². The van der Waals surface area contributed by atoms with Crippen LogP contribution in [0.15, 0.2) is 195 Å². The Bertz CT molecular complexity index is 5920. The van der Waals surface area contributed by atoms with Crippen molar-refractivity contribution in [1.29, 1.82) is 0 Å². The number of aryl methyl sites for hydroxylation is 2. The number of esters is 4. The van der Waals surface area contributed by atoms with Crippen LogP contribution in [0.25, 0.3) is 0 Å². The summed E-state index contributed by atoms with van der Waals surface area (Å²) in [6, 6.07) is 55.5. The summed E-state index contributed by atoms with van der Waals surface area (Å²) < 4.78 is 39.7. The van der Waals surface area contributed by atoms with Crippen molar-refractivity contribution in [2.45, 2.75) is 130 Å². The molecule has 3 radical (unpaired) electrons. The van der Waals surface area contributed by atoms with Gasteiger partial charge in [-0.25, -0.2) is 39.9 Å². The molecule has 7 heterocycles. The third-order valence-corrected chi connectivity index (χ3v) is 22.9. The summed E-state index contributed by atoms with van der Waals surface area (Å²) in [5.74, 6) is 18.5. The number of rotatable bonds is 28. The van der Waals surface area contributed by atoms with Crippen molar-refractivity contribution in [1.82, 2.24) is 54.3 Å². The molecule has 14 rings (SSSR count). The van der Waals surface area contributed by atoms with Gasteiger partial charge in [-0.3, -0.25) is 19.2 Å². The molecule has 2 N–H and O–H groups in total. The number of halogens is 3. The molecule has 719 valence electrons. The van der Waals surface area contributed by atoms with E-state index in [1.165, 1.54) is 71.7 Å². The number of methoxy groups -OCH3 is 8. The molecule has 0 saturated carbocycles. The van der Waals surface area contributed by atoms with Crippen molar-refractivity contribution < 1.29 is 124 Å². The zero-order chi connectivity index (χ0) is 96.6. The van der Waals surface area contributed by atoms with Gasteiger partial charge in [-0.1, -0.05) is 191 Å². The number of aromatic nitrogens is 8. The van der Waals surface area contributed by atoms with Crippen LogP contribution in [0, 0.1) is 36.0 Å². The second-order valence-electron chi connectivity index (χ2n) is 30.7. The molecule has 11 aromatic rings. The largest absolute Gasteiger partial charge is 1.00 e. The smallest absolute Gasteiger partial charge is 1.00 e. The minimum absolute atomic E-state index is 0. The Kier molecular flexibility index (Phi) is 54.4. The van der Waals surface area contributed by atoms with Crippen molar-refractivity contribution in [3.8, 4) is 59.0 Å². The maximum atomic E-state index is 11.8. The number of ether oxygens (including phenoxy) is 8. The summed E-state index contributed by atoms with van der Waals surface area (Å²) in [5, 5.41) is 0.432. The third kappa shape index (κ3) is 39.3. The van der Waals surface area contributed by atoms with E-state index in [0.29, 0.717) is 82.8 Å². The molecular weight excluding hydrogens is 1850 g/mol. The van der Waals surface area contributed by atoms with E-state index >= 15 is 0 Å². The van der Waals surface area contributed by atoms with Crippen molar-refractivity contribution in [3.63, 3.8) is 0 Å². The Labute approximate surface area is 878 Å². The molecule has 0 spiro atoms. The monoisotopic (exact) mass is 1960 g/mol. The molecule has 34 heteroatoms. The van der Waals surface area contributed by atoms with Crippen LogP contribution in [0.2, 0.25) is 15.7 Å². The molecular formula is C105H118B3Cl3KN12O15. The van der Waals surface area contributed by atoms with Gasteiger partial charge in [0.1, 0.15) is 11.6 Å². The first-order chi connectivity index (χ1) is 65.6. The predicted octanol–water partition coefficient (Wildman–Crippen LogP) is 12.5. The second kappa shape index (κ2) is 64.3. The van der Waals surface area contributed by atoms with Gasteiger partial charge in [0.15, 0.2) is 39.5 Å². The molecule has 0 atom stereocenters. The zero-order valence-electron chi connectivity index (χ0n) is 78.6. The van der Waals surface area contributed by atoms with Crippen LogP contribution in [-0.4, -0.2) is 215 Å². The number of carbonyl (C=O) groups excluding carboxylic acids is 7. The van der Waals surface area contributed by atoms with Gasteiger partial charge in [-0.05, 0) is 229 Å². The molecule has 3 fully saturated rings. The standard InChI is InChI=1S/C29H33BN3O4.C29H29BN3O4.C16H13ClN2O3.C12H16BN2O.C11H10O2.C5H4Cl2N2O.3CH4.K.H/c2*1-36-27-19-31-28(32-26(27)12-11-22-5-3-4-6-25(22)18-29(35)37-2)17-21-7-9-23(10-8-21)24-13-15-33(16-14-24)30-20-34;1-21-14-10-18-16(17)19-13(14)8-7-11-5-3-4-6-12(11)9-15(20)22-2;14-12-3-1-10(2-4-12)11-5-7-15(8-6-11)13-9-16;1-3-9-6-4-5-7-10(9)8-11(12)13-2;1-10-3-2-8-5(7)9-4(3)6;;;;;/h3-10,19-20,24H,11-18H2,1-2H3;3-10,19-20,24H,13-18H2,1-2H3;3-6,10H,9H2,1-2H3;1-4,9,11H,5-8,14H2;1,4-7H,8H2,2H3;2H,1H3;3*1H4;;/q;;;;;;;;;+1;-1. The first-order valence-electron chi connectivity index (χ1n) is 43.4. The number of hydrogen-bond acceptors (Lipinski definition) is 27. The fourth-order valence-electron chi connectivity index (χ4n) is 14.8. The third-order valence-electron chi connectivity index (χ3n) is 22.2. The normalized spacial score (nSPS) is 12.6. The van der Waals surface area contributed by atoms with E-state index in [-0.39, 0.29) is 140 Å². The first-order valence-corrected chi connectivity index (χ1v) is 44.5. The molecule has 3 saturated heterocycles. The van der Waals surface area contributed by atoms with Crippen molar-refractivity contribution in [3.05, 3.63) is 311 Å². The number of anilines is 1. The van der Waals surface area contributed by atoms with Crippen LogP contribution in [-0.2, 0) is 104 Å². The Morgan fingerprint density at radius 3 is 1.11 bits per heavy atom. The Hall–Kier alpha value is -12.0. The average Bonchev–Trinajstić information content (AvgIpc) is 0.828. The molecule has 0 bridgehead atoms. The Morgan fingerprint density at radius 2 is 0.727 bits per heavy atom. The second-order valence-corrected chi connectivity index (χ2v) is 31.8. The van der Waals surface area contributed by atoms with Crippen LogP contribution in [0.5, 0.6) is 23.0 Å². The first kappa shape index (κ1) is 118. The molecule has 139 heavy (non-hydrogen) atoms. The molecule has 4 aromatic heterocycles. The van der Waals surface area contributed by atoms with E-state index in [2.05, 4.69) is 149 Å². The molecule has 3 aliphatic heterocycles. The maximum Gasteiger partial charge on any atom is 1.00 e. The molecule has 0 unspecified atom stereocenters. The molecule has 7 aromatic carbocycles. The quantitative estimate of drug-likeness (QED) is 0.00695. The van der Waals surface area contributed by atoms with E-state index in [1.54, 1.807) is 54.9 Å². The number of nitrogen functional groups attached to an aromatic ring is 1. The Balaban J connectivity index is 0.000000368. The fourth-order valence-corrected chi connectivity index (χ4v) is 15.3. The van der Waals surface area contributed by atoms with E-state index < -0.39 is 0 Å². The minimum atomic E-state index is -0.322. The van der Waals surface area contributed by atoms with Crippen LogP contribution in [0.4, 0.5) is 5.69 Å². The summed E-state index contributed by atoms with van der Waals surface area (Å²) in [6.45, 7) is 5.58. The fraction of sp³-hybridized carbons (Fsp3) is 0.324. The number of terminal acetylenes is 1. The minimum Gasteiger partial charge on any atom is -1.00 e. The summed E-state index contributed by atoms with van der Waals surface area (Å²) in [7, 11) is 16.6. The van der Waals surface area contributed by atoms with Gasteiger partial charge >= 0.3 is 75.3 Å². The van der Waals surface area contributed by atoms with E-state index in [4.69, 9.17) is 80.4 Å². The molecule has 0 amide bonds. The van der Waals surface area contributed by atoms with E-state index in [0.717, 1.165) is 170 Å². The topological polar surface area (TPSA) is 332 Å². The summed E-state index contributed by atoms with van der Waals surface area (Å²) >= 11 is 16.7. The van der Waals surface area contributed by atoms with Crippen molar-refractivity contribution in [2.75, 3.05) is 102 Å². The van der Waals surface area contributed by atoms with Crippen LogP contribution in [0.3, 0.4) is 0 Å². The maximum absolute atomic E-state index is 11.8. The predicted molar refractivity (Wildman–Crippen MR) is 544 cm³/mol. The van der Waals surface area contributed by atoms with E-state index in [9.17, 15) is 33.6 Å². The summed E-state index contributed by atoms with van der Waals surface area (Å²) in [4.78, 5) is 118. The number of nitrogens with zero attached hydrogens (tertiary/aromatic N) is 11. The van der Waals surface area contributed by atoms with Crippen LogP contribution >= 0.6 is 34.8 Å². The zero-order valence-corrected chi connectivity index (χ0v) is 83.0. The van der Waals surface area contributed by atoms with Gasteiger partial charge in [0.25, 0.3) is 22.2 Å². The number of carbonyl (C=O) groups is 7. The summed E-state index contributed by atoms with van der Waals surface area (Å²) in [5.41, 5.74) is 21.2. The summed E-state index contributed by atoms with van der Waals surface area (Å²) in [6.07, 6.45) is 23.9. The van der Waals surface area contributed by atoms with Crippen LogP contribution < -0.4 is 76.1 Å². The SMILES string of the molecule is C.C.C.C#Cc1ccccc1CC(=O)OC.COC(=O)Cc1ccccc1C#Cc1nc(Cc2ccc(C3CCN([B]C=O)CC3)cc2)ncc1OC.COC(=O)Cc1ccccc1C#Cc1nc(Cl)ncc1OC.COC(=O)Cc1ccccc1CCc1nc(Cc2ccc(C3CCN([B]C=O)CC3)cc2)ncc1OC.COc1cnc(Cl)nc1Cl.Nc1ccc(C2CCN([B]C=O)CC2)cc1.[H-].[K+]. The number of nitrogens with two attached hydrogens (primary N) is 1. The van der Waals surface area contributed by atoms with Crippen molar-refractivity contribution in [2.24, 2.45) is 0 Å². The van der Waals surface area contributed by atoms with Gasteiger partial charge in [0, 0.05) is 35.2 Å². The van der Waals surface area contributed by atoms with Gasteiger partial charge < -0.3 is 73.9 Å². The van der Waals surface area contributed by atoms with Gasteiger partial charge in [0.05, 0.1) is 132 Å². The Morgan fingerprint density at radius 1 is 0.403 bits per heavy atom. The van der Waals surface area contributed by atoms with Gasteiger partial charge in [0.2, 0.25) is 10.6 Å². The number of benzene rings is 7. The average molecular weight is 1970 g/mol. The molecule has 0 aliphatic carbocycles. The number of hydrogen-bond donors (Lipinski definition) is 1. The number of piperidine rings is 3. The van der Waals surface area contributed by atoms with Crippen LogP contribution in [0.1, 0.15) is 181 Å². The van der Waals surface area contributed by atoms with Gasteiger partial charge in [-0.15, -0.1) is 6.42 Å². The van der Waals surface area contributed by atoms with Gasteiger partial charge in [-0.2, -0.15) is 0 Å².